The van der Waals surface area contributed by atoms with Crippen LogP contribution in [0, 0.1) is 0 Å². The van der Waals surface area contributed by atoms with Crippen molar-refractivity contribution in [2.24, 2.45) is 0 Å². The topological polar surface area (TPSA) is 21.3 Å². The van der Waals surface area contributed by atoms with E-state index in [-0.39, 0.29) is 0 Å². The van der Waals surface area contributed by atoms with Crippen molar-refractivity contribution in [2.45, 2.75) is 10.3 Å². The summed E-state index contributed by atoms with van der Waals surface area (Å²) in [4.78, 5) is 0. The summed E-state index contributed by atoms with van der Waals surface area (Å²) in [6, 6.07) is 0. The fourth-order valence-corrected chi connectivity index (χ4v) is 1.19. The third-order valence-electron chi connectivity index (χ3n) is 1.10. The molecule has 0 aromatic heterocycles. The van der Waals surface area contributed by atoms with Gasteiger partial charge in [0.15, 0.2) is 0 Å². The van der Waals surface area contributed by atoms with Crippen LogP contribution in [0.4, 0.5) is 0 Å². The summed E-state index contributed by atoms with van der Waals surface area (Å²) < 4.78 is 5.48. The molecule has 0 aromatic rings. The maximum Gasteiger partial charge on any atom is 0.0966 e. The molecule has 1 rings (SSSR count). The molecule has 0 aliphatic carbocycles. The first-order valence-electron chi connectivity index (χ1n) is 2.68. The van der Waals surface area contributed by atoms with Gasteiger partial charge in [0.25, 0.3) is 0 Å². The molecular formula is C5H10INO. The molecule has 0 amide bonds. The quantitative estimate of drug-likeness (QED) is 0.487. The van der Waals surface area contributed by atoms with Gasteiger partial charge in [-0.1, -0.05) is 22.6 Å². The van der Waals surface area contributed by atoms with Crippen molar-refractivity contribution in [3.8, 4) is 0 Å². The van der Waals surface area contributed by atoms with Gasteiger partial charge in [-0.25, -0.2) is 0 Å². The molecule has 1 heterocycles. The number of hydrogen-bond acceptors (Lipinski definition) is 2. The van der Waals surface area contributed by atoms with E-state index in [0.717, 1.165) is 19.9 Å². The van der Waals surface area contributed by atoms with E-state index in [1.807, 2.05) is 0 Å². The summed E-state index contributed by atoms with van der Waals surface area (Å²) in [5.74, 6) is 0. The van der Waals surface area contributed by atoms with Crippen molar-refractivity contribution in [2.75, 3.05) is 19.9 Å². The molecule has 0 radical (unpaired) electrons. The Balaban J connectivity index is 2.33. The summed E-state index contributed by atoms with van der Waals surface area (Å²) >= 11 is 2.40. The molecule has 0 saturated carbocycles. The predicted molar refractivity (Wildman–Crippen MR) is 41.2 cm³/mol. The molecule has 0 spiro atoms. The SMILES string of the molecule is CC1(I)CNCOC1. The lowest BCUT2D eigenvalue weighted by molar-refractivity contribution is 0.0695. The first-order chi connectivity index (χ1) is 3.71. The van der Waals surface area contributed by atoms with E-state index in [9.17, 15) is 0 Å². The van der Waals surface area contributed by atoms with Crippen LogP contribution in [-0.2, 0) is 4.74 Å². The average Bonchev–Trinajstić information content (AvgIpc) is 1.65. The number of alkyl halides is 1. The minimum atomic E-state index is 0.315. The highest BCUT2D eigenvalue weighted by Crippen LogP contribution is 2.18. The second-order valence-electron chi connectivity index (χ2n) is 2.33. The molecule has 48 valence electrons. The Labute approximate surface area is 63.1 Å². The second-order valence-corrected chi connectivity index (χ2v) is 4.94. The Bertz CT molecular complexity index is 76.5. The molecule has 3 heteroatoms. The van der Waals surface area contributed by atoms with Gasteiger partial charge in [-0.05, 0) is 6.92 Å². The Morgan fingerprint density at radius 2 is 2.50 bits per heavy atom. The summed E-state index contributed by atoms with van der Waals surface area (Å²) in [6.07, 6.45) is 0. The third-order valence-corrected chi connectivity index (χ3v) is 1.79. The van der Waals surface area contributed by atoms with E-state index < -0.39 is 0 Å². The Morgan fingerprint density at radius 3 is 2.75 bits per heavy atom. The van der Waals surface area contributed by atoms with Crippen LogP contribution in [0.1, 0.15) is 6.92 Å². The molecule has 1 fully saturated rings. The summed E-state index contributed by atoms with van der Waals surface area (Å²) in [6.45, 7) is 4.84. The van der Waals surface area contributed by atoms with Gasteiger partial charge in [-0.15, -0.1) is 0 Å². The highest BCUT2D eigenvalue weighted by molar-refractivity contribution is 14.1. The zero-order valence-corrected chi connectivity index (χ0v) is 7.07. The zero-order chi connectivity index (χ0) is 6.04. The van der Waals surface area contributed by atoms with Gasteiger partial charge in [0.1, 0.15) is 0 Å². The number of ether oxygens (including phenoxy) is 1. The van der Waals surface area contributed by atoms with Gasteiger partial charge in [0.05, 0.1) is 16.8 Å². The van der Waals surface area contributed by atoms with Gasteiger partial charge in [0, 0.05) is 6.54 Å². The van der Waals surface area contributed by atoms with E-state index >= 15 is 0 Å². The third kappa shape index (κ3) is 1.87. The lowest BCUT2D eigenvalue weighted by Crippen LogP contribution is -2.43. The van der Waals surface area contributed by atoms with E-state index in [0.29, 0.717) is 3.42 Å². The first-order valence-corrected chi connectivity index (χ1v) is 3.76. The van der Waals surface area contributed by atoms with Gasteiger partial charge >= 0.3 is 0 Å². The molecular weight excluding hydrogens is 217 g/mol. The van der Waals surface area contributed by atoms with Crippen LogP contribution in [-0.4, -0.2) is 23.3 Å². The Hall–Kier alpha value is 0.650. The number of hydrogen-bond donors (Lipinski definition) is 1. The van der Waals surface area contributed by atoms with Crippen molar-refractivity contribution in [3.05, 3.63) is 0 Å². The van der Waals surface area contributed by atoms with Crippen LogP contribution in [0.2, 0.25) is 0 Å². The zero-order valence-electron chi connectivity index (χ0n) is 4.91. The number of halogens is 1. The molecule has 1 N–H and O–H groups in total. The minimum absolute atomic E-state index is 0.315. The summed E-state index contributed by atoms with van der Waals surface area (Å²) in [5, 5.41) is 3.15. The van der Waals surface area contributed by atoms with Crippen molar-refractivity contribution in [3.63, 3.8) is 0 Å². The summed E-state index contributed by atoms with van der Waals surface area (Å²) in [5.41, 5.74) is 0. The smallest absolute Gasteiger partial charge is 0.0966 e. The van der Waals surface area contributed by atoms with Crippen LogP contribution < -0.4 is 5.32 Å². The maximum atomic E-state index is 5.17. The highest BCUT2D eigenvalue weighted by Gasteiger charge is 2.22. The van der Waals surface area contributed by atoms with Crippen molar-refractivity contribution in [1.29, 1.82) is 0 Å². The largest absolute Gasteiger partial charge is 0.365 e. The first kappa shape index (κ1) is 6.77. The molecule has 8 heavy (non-hydrogen) atoms. The Morgan fingerprint density at radius 1 is 1.75 bits per heavy atom. The fraction of sp³-hybridized carbons (Fsp3) is 1.00. The van der Waals surface area contributed by atoms with Crippen molar-refractivity contribution >= 4 is 22.6 Å². The van der Waals surface area contributed by atoms with Crippen LogP contribution in [0.3, 0.4) is 0 Å². The highest BCUT2D eigenvalue weighted by atomic mass is 127. The molecule has 1 aliphatic rings. The number of nitrogens with one attached hydrogen (secondary N) is 1. The molecule has 0 bridgehead atoms. The standard InChI is InChI=1S/C5H10INO/c1-5(6)2-7-4-8-3-5/h7H,2-4H2,1H3. The van der Waals surface area contributed by atoms with E-state index in [1.165, 1.54) is 0 Å². The molecule has 2 nitrogen and oxygen atoms in total. The molecule has 0 aromatic carbocycles. The summed E-state index contributed by atoms with van der Waals surface area (Å²) in [7, 11) is 0. The second kappa shape index (κ2) is 2.49. The lowest BCUT2D eigenvalue weighted by Gasteiger charge is -2.27. The molecule has 1 atom stereocenters. The maximum absolute atomic E-state index is 5.17. The normalized spacial score (nSPS) is 39.8. The van der Waals surface area contributed by atoms with E-state index in [1.54, 1.807) is 0 Å². The molecule has 1 unspecified atom stereocenters. The fourth-order valence-electron chi connectivity index (χ4n) is 0.699. The van der Waals surface area contributed by atoms with Crippen molar-refractivity contribution < 1.29 is 4.74 Å². The van der Waals surface area contributed by atoms with Gasteiger partial charge < -0.3 is 4.74 Å². The molecule has 1 aliphatic heterocycles. The van der Waals surface area contributed by atoms with Crippen LogP contribution in [0.25, 0.3) is 0 Å². The predicted octanol–water partition coefficient (Wildman–Crippen LogP) is 0.757. The van der Waals surface area contributed by atoms with Crippen LogP contribution in [0.5, 0.6) is 0 Å². The molecule has 1 saturated heterocycles. The van der Waals surface area contributed by atoms with Crippen LogP contribution in [0.15, 0.2) is 0 Å². The van der Waals surface area contributed by atoms with E-state index in [2.05, 4.69) is 34.8 Å². The average molecular weight is 227 g/mol. The van der Waals surface area contributed by atoms with E-state index in [4.69, 9.17) is 4.74 Å². The van der Waals surface area contributed by atoms with Gasteiger partial charge in [0.2, 0.25) is 0 Å². The number of rotatable bonds is 0. The van der Waals surface area contributed by atoms with Gasteiger partial charge in [-0.3, -0.25) is 5.32 Å². The monoisotopic (exact) mass is 227 g/mol. The van der Waals surface area contributed by atoms with Crippen LogP contribution >= 0.6 is 22.6 Å². The van der Waals surface area contributed by atoms with Crippen molar-refractivity contribution in [1.82, 2.24) is 5.32 Å². The van der Waals surface area contributed by atoms with Gasteiger partial charge in [-0.2, -0.15) is 0 Å². The lowest BCUT2D eigenvalue weighted by atomic mass is 10.2. The minimum Gasteiger partial charge on any atom is -0.365 e. The Kier molecular flexibility index (Phi) is 2.11.